The summed E-state index contributed by atoms with van der Waals surface area (Å²) >= 11 is 1.24. The highest BCUT2D eigenvalue weighted by molar-refractivity contribution is 7.99. The van der Waals surface area contributed by atoms with Crippen molar-refractivity contribution in [3.63, 3.8) is 0 Å². The van der Waals surface area contributed by atoms with Crippen LogP contribution < -0.4 is 0 Å². The lowest BCUT2D eigenvalue weighted by atomic mass is 10.1. The van der Waals surface area contributed by atoms with Crippen LogP contribution in [0.25, 0.3) is 0 Å². The van der Waals surface area contributed by atoms with Crippen LogP contribution >= 0.6 is 11.8 Å². The molecule has 0 aliphatic heterocycles. The molecule has 1 rings (SSSR count). The summed E-state index contributed by atoms with van der Waals surface area (Å²) in [5.41, 5.74) is 0. The first-order chi connectivity index (χ1) is 8.45. The van der Waals surface area contributed by atoms with E-state index >= 15 is 0 Å². The first kappa shape index (κ1) is 15.0. The maximum absolute atomic E-state index is 10.6. The summed E-state index contributed by atoms with van der Waals surface area (Å²) in [6.45, 7) is 9.32. The summed E-state index contributed by atoms with van der Waals surface area (Å²) < 4.78 is 2.06. The summed E-state index contributed by atoms with van der Waals surface area (Å²) in [5.74, 6) is 0.975. The summed E-state index contributed by atoms with van der Waals surface area (Å²) in [5, 5.41) is 17.8. The van der Waals surface area contributed by atoms with E-state index in [2.05, 4.69) is 42.5 Å². The highest BCUT2D eigenvalue weighted by Crippen LogP contribution is 2.24. The Morgan fingerprint density at radius 3 is 2.56 bits per heavy atom. The molecule has 0 fully saturated rings. The Morgan fingerprint density at radius 1 is 1.39 bits per heavy atom. The van der Waals surface area contributed by atoms with E-state index in [0.717, 1.165) is 18.8 Å². The first-order valence-corrected chi connectivity index (χ1v) is 7.21. The maximum atomic E-state index is 10.6. The Hall–Kier alpha value is -1.04. The van der Waals surface area contributed by atoms with Gasteiger partial charge >= 0.3 is 5.97 Å². The van der Waals surface area contributed by atoms with Crippen molar-refractivity contribution in [1.82, 2.24) is 14.8 Å². The molecule has 18 heavy (non-hydrogen) atoms. The van der Waals surface area contributed by atoms with Crippen LogP contribution in [0.3, 0.4) is 0 Å². The second-order valence-corrected chi connectivity index (χ2v) is 5.78. The summed E-state index contributed by atoms with van der Waals surface area (Å²) in [4.78, 5) is 10.6. The minimum atomic E-state index is -0.829. The molecule has 1 heterocycles. The number of aliphatic carboxylic acids is 1. The van der Waals surface area contributed by atoms with E-state index in [1.807, 2.05) is 0 Å². The predicted molar refractivity (Wildman–Crippen MR) is 71.9 cm³/mol. The van der Waals surface area contributed by atoms with Gasteiger partial charge in [-0.2, -0.15) is 0 Å². The number of nitrogens with zero attached hydrogens (tertiary/aromatic N) is 3. The number of hydrogen-bond donors (Lipinski definition) is 1. The zero-order valence-corrected chi connectivity index (χ0v) is 12.2. The van der Waals surface area contributed by atoms with Gasteiger partial charge in [-0.3, -0.25) is 4.79 Å². The average Bonchev–Trinajstić information content (AvgIpc) is 2.67. The van der Waals surface area contributed by atoms with Crippen molar-refractivity contribution in [2.45, 2.75) is 51.7 Å². The van der Waals surface area contributed by atoms with E-state index in [4.69, 9.17) is 5.11 Å². The molecule has 1 aromatic heterocycles. The molecule has 6 heteroatoms. The molecule has 1 atom stereocenters. The zero-order chi connectivity index (χ0) is 13.7. The van der Waals surface area contributed by atoms with Crippen molar-refractivity contribution in [2.24, 2.45) is 5.92 Å². The minimum Gasteiger partial charge on any atom is -0.481 e. The fraction of sp³-hybridized carbons (Fsp3) is 0.750. The van der Waals surface area contributed by atoms with Gasteiger partial charge < -0.3 is 9.67 Å². The molecule has 1 unspecified atom stereocenters. The normalized spacial score (nSPS) is 12.9. The summed E-state index contributed by atoms with van der Waals surface area (Å²) in [6.07, 6.45) is 1.000. The molecule has 0 saturated carbocycles. The van der Waals surface area contributed by atoms with Crippen LogP contribution in [0, 0.1) is 5.92 Å². The molecule has 5 nitrogen and oxygen atoms in total. The Morgan fingerprint density at radius 2 is 2.06 bits per heavy atom. The fourth-order valence-corrected chi connectivity index (χ4v) is 2.29. The fourth-order valence-electron chi connectivity index (χ4n) is 1.62. The lowest BCUT2D eigenvalue weighted by molar-refractivity contribution is -0.133. The molecule has 0 spiro atoms. The predicted octanol–water partition coefficient (Wildman–Crippen LogP) is 2.62. The van der Waals surface area contributed by atoms with Crippen molar-refractivity contribution in [1.29, 1.82) is 0 Å². The van der Waals surface area contributed by atoms with E-state index in [1.54, 1.807) is 0 Å². The van der Waals surface area contributed by atoms with E-state index in [9.17, 15) is 4.79 Å². The van der Waals surface area contributed by atoms with E-state index < -0.39 is 5.97 Å². The maximum Gasteiger partial charge on any atom is 0.313 e. The SMILES string of the molecule is CCC(C)c1nnc(SCC(=O)O)n1CC(C)C. The molecule has 0 bridgehead atoms. The van der Waals surface area contributed by atoms with Gasteiger partial charge in [0.15, 0.2) is 5.16 Å². The number of thioether (sulfide) groups is 1. The van der Waals surface area contributed by atoms with Crippen molar-refractivity contribution in [2.75, 3.05) is 5.75 Å². The van der Waals surface area contributed by atoms with E-state index in [0.29, 0.717) is 17.0 Å². The van der Waals surface area contributed by atoms with E-state index in [-0.39, 0.29) is 5.75 Å². The third-order valence-electron chi connectivity index (χ3n) is 2.67. The van der Waals surface area contributed by atoms with Gasteiger partial charge in [0.1, 0.15) is 5.82 Å². The van der Waals surface area contributed by atoms with Gasteiger partial charge in [0.25, 0.3) is 0 Å². The third-order valence-corrected chi connectivity index (χ3v) is 3.62. The number of aromatic nitrogens is 3. The molecule has 0 aliphatic rings. The molecule has 0 saturated heterocycles. The molecule has 1 N–H and O–H groups in total. The van der Waals surface area contributed by atoms with Crippen molar-refractivity contribution in [3.05, 3.63) is 5.82 Å². The van der Waals surface area contributed by atoms with Gasteiger partial charge in [-0.25, -0.2) is 0 Å². The second-order valence-electron chi connectivity index (χ2n) is 4.84. The standard InChI is InChI=1S/C12H21N3O2S/c1-5-9(4)11-13-14-12(18-7-10(16)17)15(11)6-8(2)3/h8-9H,5-7H2,1-4H3,(H,16,17). The van der Waals surface area contributed by atoms with E-state index in [1.165, 1.54) is 11.8 Å². The Labute approximate surface area is 112 Å². The Bertz CT molecular complexity index is 404. The Balaban J connectivity index is 2.95. The van der Waals surface area contributed by atoms with Crippen LogP contribution in [0.15, 0.2) is 5.16 Å². The van der Waals surface area contributed by atoms with Gasteiger partial charge in [-0.05, 0) is 12.3 Å². The third kappa shape index (κ3) is 4.01. The number of carbonyl (C=O) groups is 1. The summed E-state index contributed by atoms with van der Waals surface area (Å²) in [7, 11) is 0. The van der Waals surface area contributed by atoms with Crippen molar-refractivity contribution >= 4 is 17.7 Å². The largest absolute Gasteiger partial charge is 0.481 e. The van der Waals surface area contributed by atoms with Gasteiger partial charge in [-0.1, -0.05) is 39.5 Å². The van der Waals surface area contributed by atoms with Crippen LogP contribution in [-0.2, 0) is 11.3 Å². The van der Waals surface area contributed by atoms with Crippen molar-refractivity contribution < 1.29 is 9.90 Å². The molecular weight excluding hydrogens is 250 g/mol. The van der Waals surface area contributed by atoms with Gasteiger partial charge in [0.2, 0.25) is 0 Å². The van der Waals surface area contributed by atoms with Crippen LogP contribution in [0.4, 0.5) is 0 Å². The van der Waals surface area contributed by atoms with Crippen LogP contribution in [0.2, 0.25) is 0 Å². The number of carboxylic acids is 1. The monoisotopic (exact) mass is 271 g/mol. The molecule has 0 radical (unpaired) electrons. The topological polar surface area (TPSA) is 68.0 Å². The van der Waals surface area contributed by atoms with Gasteiger partial charge in [0.05, 0.1) is 5.75 Å². The number of carboxylic acid groups (broad SMARTS) is 1. The average molecular weight is 271 g/mol. The van der Waals surface area contributed by atoms with Crippen LogP contribution in [0.5, 0.6) is 0 Å². The van der Waals surface area contributed by atoms with Gasteiger partial charge in [0, 0.05) is 12.5 Å². The highest BCUT2D eigenvalue weighted by Gasteiger charge is 2.18. The molecular formula is C12H21N3O2S. The molecule has 0 aromatic carbocycles. The van der Waals surface area contributed by atoms with Crippen molar-refractivity contribution in [3.8, 4) is 0 Å². The highest BCUT2D eigenvalue weighted by atomic mass is 32.2. The zero-order valence-electron chi connectivity index (χ0n) is 11.4. The van der Waals surface area contributed by atoms with Crippen LogP contribution in [0.1, 0.15) is 45.9 Å². The smallest absolute Gasteiger partial charge is 0.313 e. The number of hydrogen-bond acceptors (Lipinski definition) is 4. The number of rotatable bonds is 7. The minimum absolute atomic E-state index is 0.0245. The second kappa shape index (κ2) is 6.78. The lowest BCUT2D eigenvalue weighted by Crippen LogP contribution is -2.12. The Kier molecular flexibility index (Phi) is 5.65. The molecule has 0 aliphatic carbocycles. The lowest BCUT2D eigenvalue weighted by Gasteiger charge is -2.14. The molecule has 1 aromatic rings. The van der Waals surface area contributed by atoms with Crippen LogP contribution in [-0.4, -0.2) is 31.6 Å². The van der Waals surface area contributed by atoms with Gasteiger partial charge in [-0.15, -0.1) is 10.2 Å². The molecule has 0 amide bonds. The summed E-state index contributed by atoms with van der Waals surface area (Å²) in [6, 6.07) is 0. The quantitative estimate of drug-likeness (QED) is 0.772. The molecule has 102 valence electrons. The first-order valence-electron chi connectivity index (χ1n) is 6.23.